The summed E-state index contributed by atoms with van der Waals surface area (Å²) in [4.78, 5) is 27.1. The van der Waals surface area contributed by atoms with Crippen LogP contribution in [0.25, 0.3) is 0 Å². The SMILES string of the molecule is CCCCN(C(=O)C1CCN(S(=O)(=O)c2ccc(C(=O)OCC)cc2)CC1)c1ccccc1. The van der Waals surface area contributed by atoms with Crippen LogP contribution < -0.4 is 4.90 Å². The molecule has 2 aromatic carbocycles. The Balaban J connectivity index is 1.66. The van der Waals surface area contributed by atoms with Crippen molar-refractivity contribution in [1.29, 1.82) is 0 Å². The first-order valence-corrected chi connectivity index (χ1v) is 13.0. The van der Waals surface area contributed by atoms with Crippen molar-refractivity contribution in [1.82, 2.24) is 4.31 Å². The Morgan fingerprint density at radius 3 is 2.21 bits per heavy atom. The molecule has 178 valence electrons. The molecule has 0 unspecified atom stereocenters. The van der Waals surface area contributed by atoms with Gasteiger partial charge >= 0.3 is 5.97 Å². The van der Waals surface area contributed by atoms with Crippen LogP contribution in [0.4, 0.5) is 5.69 Å². The van der Waals surface area contributed by atoms with E-state index in [1.54, 1.807) is 6.92 Å². The van der Waals surface area contributed by atoms with Gasteiger partial charge in [-0.15, -0.1) is 0 Å². The number of piperidine rings is 1. The largest absolute Gasteiger partial charge is 0.462 e. The van der Waals surface area contributed by atoms with E-state index in [0.717, 1.165) is 18.5 Å². The second kappa shape index (κ2) is 11.4. The lowest BCUT2D eigenvalue weighted by Crippen LogP contribution is -2.44. The van der Waals surface area contributed by atoms with Crippen molar-refractivity contribution in [2.75, 3.05) is 31.1 Å². The highest BCUT2D eigenvalue weighted by molar-refractivity contribution is 7.89. The molecule has 33 heavy (non-hydrogen) atoms. The highest BCUT2D eigenvalue weighted by Gasteiger charge is 2.34. The fraction of sp³-hybridized carbons (Fsp3) is 0.440. The Bertz CT molecular complexity index is 1030. The quantitative estimate of drug-likeness (QED) is 0.513. The number of benzene rings is 2. The normalized spacial score (nSPS) is 15.2. The number of anilines is 1. The zero-order valence-corrected chi connectivity index (χ0v) is 20.1. The van der Waals surface area contributed by atoms with Gasteiger partial charge in [0.15, 0.2) is 0 Å². The minimum Gasteiger partial charge on any atom is -0.462 e. The summed E-state index contributed by atoms with van der Waals surface area (Å²) < 4.78 is 32.5. The van der Waals surface area contributed by atoms with Gasteiger partial charge in [-0.2, -0.15) is 4.31 Å². The molecule has 7 nitrogen and oxygen atoms in total. The first-order valence-electron chi connectivity index (χ1n) is 11.5. The molecule has 3 rings (SSSR count). The summed E-state index contributed by atoms with van der Waals surface area (Å²) in [5, 5.41) is 0. The number of esters is 1. The third-order valence-electron chi connectivity index (χ3n) is 5.88. The van der Waals surface area contributed by atoms with E-state index in [9.17, 15) is 18.0 Å². The fourth-order valence-corrected chi connectivity index (χ4v) is 5.45. The molecule has 0 saturated carbocycles. The van der Waals surface area contributed by atoms with Crippen molar-refractivity contribution < 1.29 is 22.7 Å². The van der Waals surface area contributed by atoms with E-state index in [1.807, 2.05) is 35.2 Å². The van der Waals surface area contributed by atoms with Gasteiger partial charge in [-0.25, -0.2) is 13.2 Å². The lowest BCUT2D eigenvalue weighted by atomic mass is 9.96. The average molecular weight is 473 g/mol. The summed E-state index contributed by atoms with van der Waals surface area (Å²) in [6.45, 7) is 5.30. The first kappa shape index (κ1) is 24.9. The lowest BCUT2D eigenvalue weighted by molar-refractivity contribution is -0.123. The molecule has 1 fully saturated rings. The van der Waals surface area contributed by atoms with E-state index >= 15 is 0 Å². The molecule has 0 atom stereocenters. The monoisotopic (exact) mass is 472 g/mol. The summed E-state index contributed by atoms with van der Waals surface area (Å²) in [5.41, 5.74) is 1.20. The fourth-order valence-electron chi connectivity index (χ4n) is 3.98. The van der Waals surface area contributed by atoms with Crippen LogP contribution in [0.2, 0.25) is 0 Å². The molecule has 0 aromatic heterocycles. The second-order valence-electron chi connectivity index (χ2n) is 8.10. The van der Waals surface area contributed by atoms with Crippen LogP contribution in [0.5, 0.6) is 0 Å². The highest BCUT2D eigenvalue weighted by Crippen LogP contribution is 2.27. The third kappa shape index (κ3) is 6.00. The van der Waals surface area contributed by atoms with Crippen molar-refractivity contribution in [3.05, 3.63) is 60.2 Å². The van der Waals surface area contributed by atoms with Gasteiger partial charge in [0.25, 0.3) is 0 Å². The maximum atomic E-state index is 13.3. The van der Waals surface area contributed by atoms with Crippen LogP contribution in [-0.2, 0) is 19.6 Å². The van der Waals surface area contributed by atoms with Crippen molar-refractivity contribution >= 4 is 27.6 Å². The van der Waals surface area contributed by atoms with Gasteiger partial charge in [0.05, 0.1) is 17.1 Å². The maximum Gasteiger partial charge on any atom is 0.338 e. The molecule has 1 aliphatic rings. The predicted molar refractivity (Wildman–Crippen MR) is 128 cm³/mol. The molecule has 0 bridgehead atoms. The molecule has 1 aliphatic heterocycles. The molecule has 8 heteroatoms. The highest BCUT2D eigenvalue weighted by atomic mass is 32.2. The number of hydrogen-bond acceptors (Lipinski definition) is 5. The Morgan fingerprint density at radius 1 is 1.00 bits per heavy atom. The van der Waals surface area contributed by atoms with Crippen LogP contribution in [0.3, 0.4) is 0 Å². The molecule has 1 heterocycles. The minimum absolute atomic E-state index is 0.0606. The van der Waals surface area contributed by atoms with E-state index in [2.05, 4.69) is 6.92 Å². The topological polar surface area (TPSA) is 84.0 Å². The van der Waals surface area contributed by atoms with E-state index in [0.29, 0.717) is 24.9 Å². The summed E-state index contributed by atoms with van der Waals surface area (Å²) >= 11 is 0. The van der Waals surface area contributed by atoms with Gasteiger partial charge in [-0.3, -0.25) is 4.79 Å². The van der Waals surface area contributed by atoms with Gasteiger partial charge in [0.1, 0.15) is 0 Å². The van der Waals surface area contributed by atoms with E-state index < -0.39 is 16.0 Å². The molecule has 0 N–H and O–H groups in total. The number of rotatable bonds is 9. The number of carbonyl (C=O) groups excluding carboxylic acids is 2. The third-order valence-corrected chi connectivity index (χ3v) is 7.79. The molecule has 0 spiro atoms. The average Bonchev–Trinajstić information content (AvgIpc) is 2.85. The number of nitrogens with zero attached hydrogens (tertiary/aromatic N) is 2. The van der Waals surface area contributed by atoms with Crippen LogP contribution in [0, 0.1) is 5.92 Å². The molecule has 1 amide bonds. The molecule has 2 aromatic rings. The zero-order valence-electron chi connectivity index (χ0n) is 19.3. The Hall–Kier alpha value is -2.71. The Labute approximate surface area is 196 Å². The van der Waals surface area contributed by atoms with Gasteiger partial charge in [-0.05, 0) is 62.6 Å². The number of unbranched alkanes of at least 4 members (excludes halogenated alkanes) is 1. The summed E-state index contributed by atoms with van der Waals surface area (Å²) in [5.74, 6) is -0.628. The second-order valence-corrected chi connectivity index (χ2v) is 10.0. The Morgan fingerprint density at radius 2 is 1.64 bits per heavy atom. The summed E-state index contributed by atoms with van der Waals surface area (Å²) in [6, 6.07) is 15.4. The first-order chi connectivity index (χ1) is 15.9. The van der Waals surface area contributed by atoms with Gasteiger partial charge in [0, 0.05) is 31.2 Å². The van der Waals surface area contributed by atoms with Crippen molar-refractivity contribution in [3.8, 4) is 0 Å². The van der Waals surface area contributed by atoms with E-state index in [4.69, 9.17) is 4.74 Å². The molecule has 0 radical (unpaired) electrons. The minimum atomic E-state index is -3.70. The van der Waals surface area contributed by atoms with Crippen LogP contribution in [0.15, 0.2) is 59.5 Å². The standard InChI is InChI=1S/C25H32N2O5S/c1-3-5-17-27(22-9-7-6-8-10-22)24(28)20-15-18-26(19-16-20)33(30,31)23-13-11-21(12-14-23)25(29)32-4-2/h6-14,20H,3-5,15-19H2,1-2H3. The number of sulfonamides is 1. The zero-order chi connectivity index (χ0) is 23.8. The summed E-state index contributed by atoms with van der Waals surface area (Å²) in [7, 11) is -3.70. The Kier molecular flexibility index (Phi) is 8.63. The van der Waals surface area contributed by atoms with Crippen molar-refractivity contribution in [2.24, 2.45) is 5.92 Å². The van der Waals surface area contributed by atoms with Crippen LogP contribution in [0.1, 0.15) is 49.9 Å². The van der Waals surface area contributed by atoms with E-state index in [1.165, 1.54) is 28.6 Å². The van der Waals surface area contributed by atoms with Gasteiger partial charge in [0.2, 0.25) is 15.9 Å². The van der Waals surface area contributed by atoms with Gasteiger partial charge in [-0.1, -0.05) is 31.5 Å². The number of carbonyl (C=O) groups is 2. The van der Waals surface area contributed by atoms with Crippen molar-refractivity contribution in [2.45, 2.75) is 44.4 Å². The maximum absolute atomic E-state index is 13.3. The number of hydrogen-bond donors (Lipinski definition) is 0. The molecular weight excluding hydrogens is 440 g/mol. The van der Waals surface area contributed by atoms with Crippen LogP contribution in [-0.4, -0.2) is 50.8 Å². The lowest BCUT2D eigenvalue weighted by Gasteiger charge is -2.33. The molecule has 0 aliphatic carbocycles. The smallest absolute Gasteiger partial charge is 0.338 e. The summed E-state index contributed by atoms with van der Waals surface area (Å²) in [6.07, 6.45) is 2.86. The number of amides is 1. The number of para-hydroxylation sites is 1. The van der Waals surface area contributed by atoms with Crippen molar-refractivity contribution in [3.63, 3.8) is 0 Å². The number of ether oxygens (including phenoxy) is 1. The predicted octanol–water partition coefficient (Wildman–Crippen LogP) is 4.10. The van der Waals surface area contributed by atoms with Crippen LogP contribution >= 0.6 is 0 Å². The van der Waals surface area contributed by atoms with E-state index in [-0.39, 0.29) is 36.4 Å². The van der Waals surface area contributed by atoms with Gasteiger partial charge < -0.3 is 9.64 Å². The molecule has 1 saturated heterocycles. The molecular formula is C25H32N2O5S.